The van der Waals surface area contributed by atoms with Crippen molar-refractivity contribution in [2.45, 2.75) is 57.2 Å². The number of benzene rings is 4. The van der Waals surface area contributed by atoms with Gasteiger partial charge in [-0.05, 0) is 71.8 Å². The van der Waals surface area contributed by atoms with Gasteiger partial charge >= 0.3 is 5.97 Å². The van der Waals surface area contributed by atoms with E-state index in [0.29, 0.717) is 37.3 Å². The second kappa shape index (κ2) is 20.8. The topological polar surface area (TPSA) is 143 Å². The van der Waals surface area contributed by atoms with Crippen molar-refractivity contribution in [2.24, 2.45) is 5.92 Å². The number of rotatable bonds is 21. The summed E-state index contributed by atoms with van der Waals surface area (Å²) in [4.78, 5) is 52.6. The van der Waals surface area contributed by atoms with Gasteiger partial charge in [-0.2, -0.15) is 0 Å². The third-order valence-electron chi connectivity index (χ3n) is 8.34. The van der Waals surface area contributed by atoms with Gasteiger partial charge in [-0.15, -0.1) is 13.2 Å². The molecule has 4 rings (SSSR count). The highest BCUT2D eigenvalue weighted by molar-refractivity contribution is 5.99. The van der Waals surface area contributed by atoms with Crippen molar-refractivity contribution in [3.8, 4) is 5.75 Å². The molecular weight excluding hydrogens is 658 g/mol. The molecule has 272 valence electrons. The first kappa shape index (κ1) is 39.1. The van der Waals surface area contributed by atoms with Crippen molar-refractivity contribution in [3.05, 3.63) is 133 Å². The maximum atomic E-state index is 13.6. The molecule has 0 heterocycles. The Morgan fingerprint density at radius 3 is 2.23 bits per heavy atom. The fourth-order valence-corrected chi connectivity index (χ4v) is 5.51. The molecule has 3 unspecified atom stereocenters. The molecule has 10 heteroatoms. The van der Waals surface area contributed by atoms with Gasteiger partial charge in [0, 0.05) is 18.5 Å². The summed E-state index contributed by atoms with van der Waals surface area (Å²) in [5.41, 5.74) is 2.44. The van der Waals surface area contributed by atoms with Crippen LogP contribution in [0.5, 0.6) is 5.75 Å². The number of unbranched alkanes of at least 4 members (excludes halogenated alkanes) is 1. The maximum absolute atomic E-state index is 13.6. The molecule has 4 aromatic rings. The number of anilines is 1. The summed E-state index contributed by atoms with van der Waals surface area (Å²) >= 11 is 0. The van der Waals surface area contributed by atoms with Crippen LogP contribution in [0.3, 0.4) is 0 Å². The molecule has 0 fully saturated rings. The first-order chi connectivity index (χ1) is 25.3. The van der Waals surface area contributed by atoms with E-state index in [9.17, 15) is 24.3 Å². The molecule has 0 radical (unpaired) electrons. The second-order valence-electron chi connectivity index (χ2n) is 12.5. The van der Waals surface area contributed by atoms with Gasteiger partial charge in [0.1, 0.15) is 25.0 Å². The first-order valence-corrected chi connectivity index (χ1v) is 17.4. The smallest absolute Gasteiger partial charge is 0.305 e. The zero-order valence-corrected chi connectivity index (χ0v) is 29.3. The highest BCUT2D eigenvalue weighted by Gasteiger charge is 2.28. The third kappa shape index (κ3) is 12.9. The summed E-state index contributed by atoms with van der Waals surface area (Å²) in [7, 11) is 0. The Balaban J connectivity index is 1.36. The number of aliphatic hydroxyl groups is 1. The van der Waals surface area contributed by atoms with E-state index >= 15 is 0 Å². The largest absolute Gasteiger partial charge is 0.489 e. The van der Waals surface area contributed by atoms with E-state index in [4.69, 9.17) is 9.47 Å². The number of hydrogen-bond acceptors (Lipinski definition) is 7. The molecule has 3 atom stereocenters. The molecule has 0 aliphatic rings. The van der Waals surface area contributed by atoms with Gasteiger partial charge in [-0.25, -0.2) is 0 Å². The van der Waals surface area contributed by atoms with Crippen LogP contribution in [0.25, 0.3) is 10.8 Å². The van der Waals surface area contributed by atoms with E-state index in [-0.39, 0.29) is 25.9 Å². The number of allylic oxidation sites excluding steroid dienone is 2. The Labute approximate surface area is 304 Å². The lowest BCUT2D eigenvalue weighted by molar-refractivity contribution is -0.146. The predicted molar refractivity (Wildman–Crippen MR) is 202 cm³/mol. The molecule has 0 saturated heterocycles. The number of esters is 1. The van der Waals surface area contributed by atoms with Crippen LogP contribution in [0, 0.1) is 5.92 Å². The fourth-order valence-electron chi connectivity index (χ4n) is 5.51. The van der Waals surface area contributed by atoms with E-state index in [1.54, 1.807) is 12.1 Å². The number of amides is 3. The number of nitrogens with one attached hydrogen (secondary N) is 3. The Kier molecular flexibility index (Phi) is 15.6. The van der Waals surface area contributed by atoms with Gasteiger partial charge in [0.05, 0.1) is 18.6 Å². The number of carbonyl (C=O) groups is 4. The van der Waals surface area contributed by atoms with Crippen molar-refractivity contribution in [2.75, 3.05) is 18.5 Å². The lowest BCUT2D eigenvalue weighted by Crippen LogP contribution is -2.49. The molecule has 0 aliphatic heterocycles. The number of carbonyl (C=O) groups excluding carboxylic acids is 4. The van der Waals surface area contributed by atoms with Crippen LogP contribution >= 0.6 is 0 Å². The van der Waals surface area contributed by atoms with Crippen molar-refractivity contribution in [1.29, 1.82) is 0 Å². The van der Waals surface area contributed by atoms with Gasteiger partial charge in [0.2, 0.25) is 11.8 Å². The minimum absolute atomic E-state index is 0.135. The van der Waals surface area contributed by atoms with Gasteiger partial charge in [0.25, 0.3) is 5.91 Å². The lowest BCUT2D eigenvalue weighted by atomic mass is 9.98. The highest BCUT2D eigenvalue weighted by Crippen LogP contribution is 2.20. The molecule has 4 N–H and O–H groups in total. The summed E-state index contributed by atoms with van der Waals surface area (Å²) < 4.78 is 11.2. The number of fused-ring (bicyclic) bond motifs is 1. The zero-order chi connectivity index (χ0) is 37.1. The van der Waals surface area contributed by atoms with Gasteiger partial charge in [0.15, 0.2) is 0 Å². The molecule has 0 aromatic heterocycles. The average molecular weight is 706 g/mol. The van der Waals surface area contributed by atoms with Crippen LogP contribution in [-0.2, 0) is 36.9 Å². The van der Waals surface area contributed by atoms with Crippen molar-refractivity contribution >= 4 is 40.2 Å². The van der Waals surface area contributed by atoms with E-state index in [1.165, 1.54) is 6.08 Å². The number of hydrogen-bond donors (Lipinski definition) is 4. The number of aliphatic hydroxyl groups excluding tert-OH is 1. The maximum Gasteiger partial charge on any atom is 0.305 e. The molecule has 4 aromatic carbocycles. The Hall–Kier alpha value is -5.74. The first-order valence-electron chi connectivity index (χ1n) is 17.4. The normalized spacial score (nSPS) is 12.5. The fraction of sp³-hybridized carbons (Fsp3) is 0.286. The van der Waals surface area contributed by atoms with Crippen molar-refractivity contribution in [3.63, 3.8) is 0 Å². The van der Waals surface area contributed by atoms with Crippen molar-refractivity contribution in [1.82, 2.24) is 10.6 Å². The summed E-state index contributed by atoms with van der Waals surface area (Å²) in [5, 5.41) is 20.3. The SMILES string of the molecule is C=CCCCC(=O)OCC(NC(=O)C(CC=C)CC(=O)NC(CO)Cc1ccc(OCc2ccccc2)cc1)C(=O)Nc1ccc2ccccc2c1. The molecule has 0 aliphatic carbocycles. The molecule has 0 bridgehead atoms. The number of ether oxygens (including phenoxy) is 2. The summed E-state index contributed by atoms with van der Waals surface area (Å²) in [6.45, 7) is 7.11. The standard InChI is InChI=1S/C42H47N3O7/c1-3-5-7-17-40(48)52-29-38(42(50)44-35-21-20-32-15-10-11-16-33(32)25-35)45-41(49)34(12-4-2)26-39(47)43-36(27-46)24-30-18-22-37(23-19-30)51-28-31-13-8-6-9-14-31/h3-4,6,8-11,13-16,18-23,25,34,36,38,46H,1-2,5,7,12,17,24,26-29H2,(H,43,47)(H,44,50)(H,45,49). The Bertz CT molecular complexity index is 1790. The quantitative estimate of drug-likeness (QED) is 0.0470. The Morgan fingerprint density at radius 2 is 1.52 bits per heavy atom. The highest BCUT2D eigenvalue weighted by atomic mass is 16.5. The molecule has 10 nitrogen and oxygen atoms in total. The van der Waals surface area contributed by atoms with Crippen LogP contribution in [0.4, 0.5) is 5.69 Å². The van der Waals surface area contributed by atoms with E-state index in [0.717, 1.165) is 21.9 Å². The van der Waals surface area contributed by atoms with E-state index in [2.05, 4.69) is 29.1 Å². The van der Waals surface area contributed by atoms with Crippen LogP contribution < -0.4 is 20.7 Å². The molecule has 0 saturated carbocycles. The van der Waals surface area contributed by atoms with Crippen molar-refractivity contribution < 1.29 is 33.8 Å². The van der Waals surface area contributed by atoms with Gasteiger partial charge < -0.3 is 30.5 Å². The lowest BCUT2D eigenvalue weighted by Gasteiger charge is -2.23. The van der Waals surface area contributed by atoms with E-state index in [1.807, 2.05) is 91.0 Å². The molecule has 3 amide bonds. The second-order valence-corrected chi connectivity index (χ2v) is 12.5. The zero-order valence-electron chi connectivity index (χ0n) is 29.3. The monoisotopic (exact) mass is 705 g/mol. The summed E-state index contributed by atoms with van der Waals surface area (Å²) in [5.74, 6) is -2.30. The third-order valence-corrected chi connectivity index (χ3v) is 8.34. The predicted octanol–water partition coefficient (Wildman–Crippen LogP) is 6.04. The van der Waals surface area contributed by atoms with Crippen LogP contribution in [0.2, 0.25) is 0 Å². The van der Waals surface area contributed by atoms with Crippen LogP contribution in [0.1, 0.15) is 43.2 Å². The summed E-state index contributed by atoms with van der Waals surface area (Å²) in [6, 6.07) is 28.5. The average Bonchev–Trinajstić information content (AvgIpc) is 3.16. The molecule has 0 spiro atoms. The molecule has 52 heavy (non-hydrogen) atoms. The minimum Gasteiger partial charge on any atom is -0.489 e. The minimum atomic E-state index is -1.23. The van der Waals surface area contributed by atoms with E-state index < -0.39 is 48.3 Å². The summed E-state index contributed by atoms with van der Waals surface area (Å²) in [6.07, 6.45) is 4.82. The van der Waals surface area contributed by atoms with Gasteiger partial charge in [-0.1, -0.05) is 84.9 Å². The van der Waals surface area contributed by atoms with Crippen LogP contribution in [-0.4, -0.2) is 54.1 Å². The van der Waals surface area contributed by atoms with Gasteiger partial charge in [-0.3, -0.25) is 19.2 Å². The van der Waals surface area contributed by atoms with Crippen LogP contribution in [0.15, 0.2) is 122 Å². The molecular formula is C42H47N3O7. The Morgan fingerprint density at radius 1 is 0.788 bits per heavy atom.